The lowest BCUT2D eigenvalue weighted by Gasteiger charge is -2.04. The highest BCUT2D eigenvalue weighted by Crippen LogP contribution is 2.09. The fourth-order valence-electron chi connectivity index (χ4n) is 0.120. The molecule has 7 heteroatoms. The molecule has 13 heavy (non-hydrogen) atoms. The fraction of sp³-hybridized carbons (Fsp3) is 1.00. The molecule has 0 fully saturated rings. The maximum absolute atomic E-state index is 11.3. The minimum Gasteiger partial charge on any atom is -0.394 e. The first-order valence-corrected chi connectivity index (χ1v) is 3.36. The standard InChI is InChI=1S/C3H4F4O.C3H8O2/c4-1(2(5)6)3(7)8;1-3(5)2-4/h1-3,8H;3-5H,2H2,1H3. The van der Waals surface area contributed by atoms with Crippen molar-refractivity contribution < 1.29 is 32.9 Å². The summed E-state index contributed by atoms with van der Waals surface area (Å²) in [4.78, 5) is 0. The normalized spacial score (nSPS) is 17.3. The van der Waals surface area contributed by atoms with Gasteiger partial charge in [0.25, 0.3) is 6.43 Å². The molecule has 3 nitrogen and oxygen atoms in total. The Bertz CT molecular complexity index is 102. The first-order valence-electron chi connectivity index (χ1n) is 3.36. The molecule has 0 amide bonds. The molecule has 0 aliphatic rings. The topological polar surface area (TPSA) is 60.7 Å². The van der Waals surface area contributed by atoms with Crippen LogP contribution in [0.3, 0.4) is 0 Å². The Morgan fingerprint density at radius 1 is 1.08 bits per heavy atom. The molecule has 0 saturated carbocycles. The second-order valence-electron chi connectivity index (χ2n) is 2.18. The van der Waals surface area contributed by atoms with Gasteiger partial charge in [-0.15, -0.1) is 0 Å². The van der Waals surface area contributed by atoms with Crippen LogP contribution in [0.25, 0.3) is 0 Å². The summed E-state index contributed by atoms with van der Waals surface area (Å²) in [5.74, 6) is 0. The minimum atomic E-state index is -3.45. The molecular weight excluding hydrogens is 196 g/mol. The highest BCUT2D eigenvalue weighted by atomic mass is 19.3. The molecule has 0 spiro atoms. The lowest BCUT2D eigenvalue weighted by Crippen LogP contribution is -2.24. The largest absolute Gasteiger partial charge is 0.394 e. The zero-order valence-corrected chi connectivity index (χ0v) is 6.87. The predicted molar refractivity (Wildman–Crippen MR) is 36.8 cm³/mol. The van der Waals surface area contributed by atoms with Crippen LogP contribution < -0.4 is 0 Å². The van der Waals surface area contributed by atoms with Gasteiger partial charge < -0.3 is 15.3 Å². The molecule has 0 aromatic heterocycles. The molecular formula is C6H12F4O3. The van der Waals surface area contributed by atoms with Gasteiger partial charge in [0.05, 0.1) is 12.7 Å². The summed E-state index contributed by atoms with van der Waals surface area (Å²) in [6.45, 7) is 1.39. The van der Waals surface area contributed by atoms with Crippen molar-refractivity contribution in [1.82, 2.24) is 0 Å². The van der Waals surface area contributed by atoms with Gasteiger partial charge in [-0.1, -0.05) is 0 Å². The maximum atomic E-state index is 11.3. The Labute approximate surface area is 72.6 Å². The molecule has 0 heterocycles. The molecule has 0 bridgehead atoms. The van der Waals surface area contributed by atoms with E-state index in [1.54, 1.807) is 0 Å². The summed E-state index contributed by atoms with van der Waals surface area (Å²) < 4.78 is 44.1. The van der Waals surface area contributed by atoms with Crippen LogP contribution in [0.5, 0.6) is 0 Å². The molecule has 0 aliphatic carbocycles. The van der Waals surface area contributed by atoms with Crippen molar-refractivity contribution in [2.75, 3.05) is 6.61 Å². The van der Waals surface area contributed by atoms with Crippen LogP contribution in [0.15, 0.2) is 0 Å². The molecule has 0 saturated heterocycles. The third kappa shape index (κ3) is 11.6. The van der Waals surface area contributed by atoms with E-state index in [9.17, 15) is 17.6 Å². The third-order valence-electron chi connectivity index (χ3n) is 0.768. The Kier molecular flexibility index (Phi) is 9.53. The van der Waals surface area contributed by atoms with Gasteiger partial charge in [-0.2, -0.15) is 0 Å². The second-order valence-corrected chi connectivity index (χ2v) is 2.18. The molecule has 3 unspecified atom stereocenters. The molecule has 82 valence electrons. The SMILES string of the molecule is CC(O)CO.OC(F)C(F)C(F)F. The molecule has 0 aromatic rings. The summed E-state index contributed by atoms with van der Waals surface area (Å²) in [6.07, 6.45) is -10.2. The van der Waals surface area contributed by atoms with E-state index in [0.29, 0.717) is 0 Å². The van der Waals surface area contributed by atoms with E-state index in [-0.39, 0.29) is 6.61 Å². The molecule has 0 aromatic carbocycles. The van der Waals surface area contributed by atoms with E-state index in [1.807, 2.05) is 0 Å². The van der Waals surface area contributed by atoms with Gasteiger partial charge in [0, 0.05) is 0 Å². The minimum absolute atomic E-state index is 0.139. The molecule has 3 atom stereocenters. The van der Waals surface area contributed by atoms with E-state index in [4.69, 9.17) is 15.3 Å². The number of rotatable bonds is 3. The summed E-state index contributed by atoms with van der Waals surface area (Å²) in [5.41, 5.74) is 0. The number of aliphatic hydroxyl groups is 3. The van der Waals surface area contributed by atoms with Gasteiger partial charge in [-0.25, -0.2) is 17.6 Å². The average molecular weight is 208 g/mol. The van der Waals surface area contributed by atoms with E-state index >= 15 is 0 Å². The molecule has 0 rings (SSSR count). The van der Waals surface area contributed by atoms with Gasteiger partial charge >= 0.3 is 0 Å². The van der Waals surface area contributed by atoms with Crippen molar-refractivity contribution in [3.05, 3.63) is 0 Å². The van der Waals surface area contributed by atoms with Crippen molar-refractivity contribution in [1.29, 1.82) is 0 Å². The van der Waals surface area contributed by atoms with Crippen LogP contribution >= 0.6 is 0 Å². The lowest BCUT2D eigenvalue weighted by atomic mass is 10.4. The number of hydrogen-bond donors (Lipinski definition) is 3. The highest BCUT2D eigenvalue weighted by molar-refractivity contribution is 4.58. The second kappa shape index (κ2) is 8.21. The van der Waals surface area contributed by atoms with Crippen LogP contribution in [0.1, 0.15) is 6.92 Å². The van der Waals surface area contributed by atoms with Crippen LogP contribution in [-0.2, 0) is 0 Å². The zero-order valence-electron chi connectivity index (χ0n) is 6.87. The Balaban J connectivity index is 0. The summed E-state index contributed by atoms with van der Waals surface area (Å²) in [6, 6.07) is 0. The summed E-state index contributed by atoms with van der Waals surface area (Å²) in [5, 5.41) is 23.5. The molecule has 3 N–H and O–H groups in total. The first-order chi connectivity index (χ1) is 5.82. The van der Waals surface area contributed by atoms with Crippen molar-refractivity contribution in [2.24, 2.45) is 0 Å². The van der Waals surface area contributed by atoms with E-state index < -0.39 is 25.1 Å². The summed E-state index contributed by atoms with van der Waals surface area (Å²) >= 11 is 0. The van der Waals surface area contributed by atoms with Crippen LogP contribution in [0.4, 0.5) is 17.6 Å². The van der Waals surface area contributed by atoms with Gasteiger partial charge in [-0.05, 0) is 6.92 Å². The lowest BCUT2D eigenvalue weighted by molar-refractivity contribution is -0.0892. The molecule has 0 aliphatic heterocycles. The highest BCUT2D eigenvalue weighted by Gasteiger charge is 2.27. The summed E-state index contributed by atoms with van der Waals surface area (Å²) in [7, 11) is 0. The van der Waals surface area contributed by atoms with Gasteiger partial charge in [-0.3, -0.25) is 0 Å². The number of hydrogen-bond acceptors (Lipinski definition) is 3. The van der Waals surface area contributed by atoms with E-state index in [0.717, 1.165) is 0 Å². The predicted octanol–water partition coefficient (Wildman–Crippen LogP) is 0.237. The van der Waals surface area contributed by atoms with Crippen LogP contribution in [0, 0.1) is 0 Å². The fourth-order valence-corrected chi connectivity index (χ4v) is 0.120. The van der Waals surface area contributed by atoms with Crippen molar-refractivity contribution in [3.8, 4) is 0 Å². The third-order valence-corrected chi connectivity index (χ3v) is 0.768. The number of halogens is 4. The molecule has 0 radical (unpaired) electrons. The Morgan fingerprint density at radius 3 is 1.38 bits per heavy atom. The van der Waals surface area contributed by atoms with Crippen molar-refractivity contribution in [3.63, 3.8) is 0 Å². The number of aliphatic hydroxyl groups excluding tert-OH is 3. The van der Waals surface area contributed by atoms with Gasteiger partial charge in [0.15, 0.2) is 0 Å². The monoisotopic (exact) mass is 208 g/mol. The smallest absolute Gasteiger partial charge is 0.274 e. The first kappa shape index (κ1) is 15.1. The quantitative estimate of drug-likeness (QED) is 0.582. The van der Waals surface area contributed by atoms with Crippen LogP contribution in [0.2, 0.25) is 0 Å². The van der Waals surface area contributed by atoms with E-state index in [2.05, 4.69) is 0 Å². The van der Waals surface area contributed by atoms with Crippen LogP contribution in [-0.4, -0.2) is 47.0 Å². The average Bonchev–Trinajstić information content (AvgIpc) is 2.03. The zero-order chi connectivity index (χ0) is 11.0. The maximum Gasteiger partial charge on any atom is 0.274 e. The van der Waals surface area contributed by atoms with Gasteiger partial charge in [0.1, 0.15) is 0 Å². The Morgan fingerprint density at radius 2 is 1.38 bits per heavy atom. The van der Waals surface area contributed by atoms with Crippen molar-refractivity contribution in [2.45, 2.75) is 32.0 Å². The number of alkyl halides is 4. The van der Waals surface area contributed by atoms with E-state index in [1.165, 1.54) is 6.92 Å². The van der Waals surface area contributed by atoms with Crippen molar-refractivity contribution >= 4 is 0 Å². The Hall–Kier alpha value is -0.400. The van der Waals surface area contributed by atoms with Gasteiger partial charge in [0.2, 0.25) is 12.5 Å².